The van der Waals surface area contributed by atoms with Crippen molar-refractivity contribution in [1.82, 2.24) is 0 Å². The van der Waals surface area contributed by atoms with Crippen LogP contribution in [0.5, 0.6) is 0 Å². The van der Waals surface area contributed by atoms with Crippen molar-refractivity contribution in [2.75, 3.05) is 0 Å². The summed E-state index contributed by atoms with van der Waals surface area (Å²) in [5, 5.41) is 0. The Balaban J connectivity index is -0.000000180. The van der Waals surface area contributed by atoms with Gasteiger partial charge in [-0.3, -0.25) is 6.08 Å². The van der Waals surface area contributed by atoms with Crippen molar-refractivity contribution in [2.45, 2.75) is 26.6 Å². The fraction of sp³-hybridized carbons (Fsp3) is 0.667. The van der Waals surface area contributed by atoms with Crippen LogP contribution >= 0.6 is 0 Å². The standard InChI is InChI=1S/C6H13Si.BrH.Mg/c1-5-6-7(2,3)4;;/h5H,1-4H3;1H;/q-1;;+2/p-1. The molecule has 0 aromatic carbocycles. The molecule has 0 nitrogen and oxygen atoms in total. The van der Waals surface area contributed by atoms with E-state index in [1.54, 1.807) is 0 Å². The Morgan fingerprint density at radius 3 is 1.56 bits per heavy atom. The van der Waals surface area contributed by atoms with Crippen molar-refractivity contribution in [2.24, 2.45) is 0 Å². The van der Waals surface area contributed by atoms with Crippen LogP contribution in [0.25, 0.3) is 0 Å². The van der Waals surface area contributed by atoms with E-state index in [9.17, 15) is 0 Å². The van der Waals surface area contributed by atoms with Crippen LogP contribution in [0.2, 0.25) is 19.6 Å². The zero-order valence-electron chi connectivity index (χ0n) is 6.66. The summed E-state index contributed by atoms with van der Waals surface area (Å²) in [6, 6.07) is 0. The van der Waals surface area contributed by atoms with Crippen molar-refractivity contribution >= 4 is 31.1 Å². The molecule has 0 aromatic heterocycles. The summed E-state index contributed by atoms with van der Waals surface area (Å²) in [5.41, 5.74) is 3.30. The SMILES string of the molecule is CC=[C-][Si](C)(C)C.[Br-].[Mg+2]. The summed E-state index contributed by atoms with van der Waals surface area (Å²) in [4.78, 5) is 0. The Kier molecular flexibility index (Phi) is 13.5. The van der Waals surface area contributed by atoms with Gasteiger partial charge in [0.2, 0.25) is 0 Å². The van der Waals surface area contributed by atoms with Crippen LogP contribution in [0.3, 0.4) is 0 Å². The predicted octanol–water partition coefficient (Wildman–Crippen LogP) is -1.13. The van der Waals surface area contributed by atoms with Crippen molar-refractivity contribution in [3.8, 4) is 0 Å². The van der Waals surface area contributed by atoms with Crippen LogP contribution in [0, 0.1) is 5.70 Å². The van der Waals surface area contributed by atoms with Gasteiger partial charge in [0.05, 0.1) is 0 Å². The Bertz CT molecular complexity index is 75.6. The molecule has 0 fully saturated rings. The van der Waals surface area contributed by atoms with Crippen LogP contribution in [0.15, 0.2) is 6.08 Å². The summed E-state index contributed by atoms with van der Waals surface area (Å²) < 4.78 is 0. The fourth-order valence-corrected chi connectivity index (χ4v) is 1.30. The third kappa shape index (κ3) is 17.6. The normalized spacial score (nSPS) is 10.2. The topological polar surface area (TPSA) is 0 Å². The van der Waals surface area contributed by atoms with Crippen LogP contribution in [0.4, 0.5) is 0 Å². The molecule has 0 aliphatic carbocycles. The van der Waals surface area contributed by atoms with E-state index in [0.29, 0.717) is 0 Å². The first kappa shape index (κ1) is 16.7. The molecule has 0 aliphatic heterocycles. The predicted molar refractivity (Wildman–Crippen MR) is 42.6 cm³/mol. The molecule has 0 heterocycles. The molecule has 0 N–H and O–H groups in total. The molecule has 50 valence electrons. The summed E-state index contributed by atoms with van der Waals surface area (Å²) in [5.74, 6) is 0. The molecule has 0 saturated heterocycles. The van der Waals surface area contributed by atoms with E-state index < -0.39 is 8.07 Å². The fourth-order valence-electron chi connectivity index (χ4n) is 0.433. The summed E-state index contributed by atoms with van der Waals surface area (Å²) in [7, 11) is -0.963. The van der Waals surface area contributed by atoms with Gasteiger partial charge in [-0.1, -0.05) is 26.6 Å². The van der Waals surface area contributed by atoms with Crippen LogP contribution in [-0.4, -0.2) is 31.1 Å². The molecule has 0 spiro atoms. The molecule has 0 amide bonds. The van der Waals surface area contributed by atoms with E-state index in [1.165, 1.54) is 0 Å². The smallest absolute Gasteiger partial charge is 1.00 e. The second kappa shape index (κ2) is 7.31. The first-order valence-electron chi connectivity index (χ1n) is 2.62. The van der Waals surface area contributed by atoms with Gasteiger partial charge in [-0.15, -0.1) is 8.07 Å². The van der Waals surface area contributed by atoms with E-state index in [-0.39, 0.29) is 40.0 Å². The van der Waals surface area contributed by atoms with Crippen LogP contribution in [-0.2, 0) is 0 Å². The van der Waals surface area contributed by atoms with E-state index in [0.717, 1.165) is 0 Å². The third-order valence-electron chi connectivity index (χ3n) is 0.577. The molecule has 0 rings (SSSR count). The minimum atomic E-state index is -0.963. The minimum absolute atomic E-state index is 0. The van der Waals surface area contributed by atoms with Gasteiger partial charge < -0.3 is 22.7 Å². The number of hydrogen-bond acceptors (Lipinski definition) is 0. The van der Waals surface area contributed by atoms with Gasteiger partial charge in [0.25, 0.3) is 0 Å². The van der Waals surface area contributed by atoms with Gasteiger partial charge in [0.1, 0.15) is 0 Å². The van der Waals surface area contributed by atoms with Crippen molar-refractivity contribution in [1.29, 1.82) is 0 Å². The van der Waals surface area contributed by atoms with Gasteiger partial charge in [0.15, 0.2) is 0 Å². The molecule has 0 atom stereocenters. The maximum absolute atomic E-state index is 3.30. The van der Waals surface area contributed by atoms with E-state index in [2.05, 4.69) is 25.3 Å². The Labute approximate surface area is 86.0 Å². The largest absolute Gasteiger partial charge is 2.00 e. The molecule has 0 radical (unpaired) electrons. The minimum Gasteiger partial charge on any atom is -1.00 e. The first-order chi connectivity index (χ1) is 3.06. The van der Waals surface area contributed by atoms with Crippen molar-refractivity contribution in [3.63, 3.8) is 0 Å². The average Bonchev–Trinajstić information content (AvgIpc) is 1.30. The van der Waals surface area contributed by atoms with Crippen LogP contribution in [0.1, 0.15) is 6.92 Å². The molecule has 0 unspecified atom stereocenters. The number of rotatable bonds is 1. The summed E-state index contributed by atoms with van der Waals surface area (Å²) in [6.45, 7) is 8.84. The Hall–Kier alpha value is 1.20. The van der Waals surface area contributed by atoms with Crippen molar-refractivity contribution < 1.29 is 17.0 Å². The molecule has 3 heteroatoms. The van der Waals surface area contributed by atoms with Crippen LogP contribution < -0.4 is 17.0 Å². The van der Waals surface area contributed by atoms with Gasteiger partial charge in [-0.2, -0.15) is 0 Å². The maximum Gasteiger partial charge on any atom is 2.00 e. The second-order valence-electron chi connectivity index (χ2n) is 2.68. The molecule has 0 saturated carbocycles. The van der Waals surface area contributed by atoms with Gasteiger partial charge in [-0.25, -0.2) is 0 Å². The molecular formula is C6H13BrMgSi. The molecule has 9 heavy (non-hydrogen) atoms. The first-order valence-corrected chi connectivity index (χ1v) is 6.12. The third-order valence-corrected chi connectivity index (χ3v) is 1.73. The van der Waals surface area contributed by atoms with Gasteiger partial charge in [0, 0.05) is 0 Å². The number of hydrogen-bond donors (Lipinski definition) is 0. The second-order valence-corrected chi connectivity index (χ2v) is 7.47. The zero-order chi connectivity index (χ0) is 5.91. The quantitative estimate of drug-likeness (QED) is 0.385. The monoisotopic (exact) mass is 216 g/mol. The van der Waals surface area contributed by atoms with E-state index in [4.69, 9.17) is 0 Å². The van der Waals surface area contributed by atoms with Crippen molar-refractivity contribution in [3.05, 3.63) is 11.8 Å². The molecular weight excluding hydrogens is 204 g/mol. The van der Waals surface area contributed by atoms with E-state index >= 15 is 0 Å². The molecule has 0 aromatic rings. The number of allylic oxidation sites excluding steroid dienone is 1. The van der Waals surface area contributed by atoms with Gasteiger partial charge in [-0.05, 0) is 0 Å². The number of halogens is 1. The van der Waals surface area contributed by atoms with Gasteiger partial charge >= 0.3 is 23.1 Å². The van der Waals surface area contributed by atoms with E-state index in [1.807, 2.05) is 13.0 Å². The zero-order valence-corrected chi connectivity index (χ0v) is 10.7. The Morgan fingerprint density at radius 1 is 1.22 bits per heavy atom. The average molecular weight is 217 g/mol. The summed E-state index contributed by atoms with van der Waals surface area (Å²) >= 11 is 0. The maximum atomic E-state index is 3.30. The Morgan fingerprint density at radius 2 is 1.56 bits per heavy atom. The molecule has 0 bridgehead atoms. The summed E-state index contributed by atoms with van der Waals surface area (Å²) in [6.07, 6.45) is 2.02. The molecule has 0 aliphatic rings.